The van der Waals surface area contributed by atoms with E-state index in [2.05, 4.69) is 25.4 Å². The minimum Gasteiger partial charge on any atom is -0.482 e. The third kappa shape index (κ3) is 2.49. The van der Waals surface area contributed by atoms with E-state index in [1.807, 2.05) is 6.92 Å². The molecule has 2 aliphatic rings. The zero-order valence-corrected chi connectivity index (χ0v) is 13.2. The number of anilines is 1. The van der Waals surface area contributed by atoms with Crippen LogP contribution in [0.2, 0.25) is 0 Å². The van der Waals surface area contributed by atoms with Crippen LogP contribution in [0.25, 0.3) is 0 Å². The molecule has 0 aliphatic carbocycles. The van der Waals surface area contributed by atoms with Gasteiger partial charge < -0.3 is 19.9 Å². The van der Waals surface area contributed by atoms with E-state index in [9.17, 15) is 9.59 Å². The minimum absolute atomic E-state index is 0.0413. The summed E-state index contributed by atoms with van der Waals surface area (Å²) in [7, 11) is 0. The monoisotopic (exact) mass is 327 g/mol. The molecule has 0 bridgehead atoms. The summed E-state index contributed by atoms with van der Waals surface area (Å²) in [5, 5.41) is 14.0. The van der Waals surface area contributed by atoms with Crippen molar-refractivity contribution in [1.29, 1.82) is 0 Å². The molecule has 3 heterocycles. The molecule has 1 atom stereocenters. The SMILES string of the molecule is CC(NC(=O)c1ccc2c(c1)OCC(=O)N2)c1nnc2n1CCC2. The molecule has 1 aromatic carbocycles. The van der Waals surface area contributed by atoms with Gasteiger partial charge in [0, 0.05) is 18.5 Å². The highest BCUT2D eigenvalue weighted by Crippen LogP contribution is 2.28. The van der Waals surface area contributed by atoms with Gasteiger partial charge in [0.15, 0.2) is 12.4 Å². The molecular formula is C16H17N5O3. The van der Waals surface area contributed by atoms with Crippen molar-refractivity contribution in [1.82, 2.24) is 20.1 Å². The number of nitrogens with one attached hydrogen (secondary N) is 2. The van der Waals surface area contributed by atoms with Crippen LogP contribution in [0.4, 0.5) is 5.69 Å². The summed E-state index contributed by atoms with van der Waals surface area (Å²) >= 11 is 0. The molecular weight excluding hydrogens is 310 g/mol. The Morgan fingerprint density at radius 1 is 1.42 bits per heavy atom. The van der Waals surface area contributed by atoms with Gasteiger partial charge in [0.05, 0.1) is 11.7 Å². The topological polar surface area (TPSA) is 98.1 Å². The molecule has 2 amide bonds. The number of ether oxygens (including phenoxy) is 1. The summed E-state index contributed by atoms with van der Waals surface area (Å²) < 4.78 is 7.41. The van der Waals surface area contributed by atoms with E-state index in [0.717, 1.165) is 31.0 Å². The molecule has 124 valence electrons. The number of aryl methyl sites for hydroxylation is 1. The molecule has 8 nitrogen and oxygen atoms in total. The molecule has 24 heavy (non-hydrogen) atoms. The Balaban J connectivity index is 1.51. The maximum Gasteiger partial charge on any atom is 0.262 e. The van der Waals surface area contributed by atoms with Gasteiger partial charge in [-0.15, -0.1) is 10.2 Å². The van der Waals surface area contributed by atoms with Crippen LogP contribution in [0.15, 0.2) is 18.2 Å². The lowest BCUT2D eigenvalue weighted by atomic mass is 10.1. The quantitative estimate of drug-likeness (QED) is 0.878. The van der Waals surface area contributed by atoms with E-state index in [1.165, 1.54) is 0 Å². The molecule has 0 radical (unpaired) electrons. The molecule has 0 saturated heterocycles. The van der Waals surface area contributed by atoms with E-state index in [1.54, 1.807) is 18.2 Å². The lowest BCUT2D eigenvalue weighted by molar-refractivity contribution is -0.118. The van der Waals surface area contributed by atoms with Gasteiger partial charge >= 0.3 is 0 Å². The molecule has 4 rings (SSSR count). The van der Waals surface area contributed by atoms with Crippen LogP contribution in [0.3, 0.4) is 0 Å². The Hall–Kier alpha value is -2.90. The van der Waals surface area contributed by atoms with Crippen molar-refractivity contribution in [2.75, 3.05) is 11.9 Å². The highest BCUT2D eigenvalue weighted by Gasteiger charge is 2.23. The van der Waals surface area contributed by atoms with Gasteiger partial charge in [0.2, 0.25) is 0 Å². The lowest BCUT2D eigenvalue weighted by Crippen LogP contribution is -2.29. The first-order valence-corrected chi connectivity index (χ1v) is 7.91. The predicted molar refractivity (Wildman–Crippen MR) is 84.8 cm³/mol. The number of nitrogens with zero attached hydrogens (tertiary/aromatic N) is 3. The molecule has 2 aromatic rings. The van der Waals surface area contributed by atoms with Gasteiger partial charge in [-0.25, -0.2) is 0 Å². The van der Waals surface area contributed by atoms with Crippen LogP contribution in [-0.4, -0.2) is 33.2 Å². The van der Waals surface area contributed by atoms with Crippen molar-refractivity contribution in [3.05, 3.63) is 35.4 Å². The van der Waals surface area contributed by atoms with Crippen molar-refractivity contribution in [3.63, 3.8) is 0 Å². The average Bonchev–Trinajstić information content (AvgIpc) is 3.17. The Bertz CT molecular complexity index is 829. The zero-order valence-electron chi connectivity index (χ0n) is 13.2. The first-order chi connectivity index (χ1) is 11.6. The maximum atomic E-state index is 12.5. The third-order valence-corrected chi connectivity index (χ3v) is 4.25. The molecule has 0 fully saturated rings. The second-order valence-corrected chi connectivity index (χ2v) is 5.97. The normalized spacial score (nSPS) is 16.6. The van der Waals surface area contributed by atoms with Gasteiger partial charge in [-0.3, -0.25) is 9.59 Å². The molecule has 2 N–H and O–H groups in total. The Labute approximate surface area is 138 Å². The summed E-state index contributed by atoms with van der Waals surface area (Å²) in [4.78, 5) is 23.8. The number of hydrogen-bond donors (Lipinski definition) is 2. The Morgan fingerprint density at radius 2 is 2.29 bits per heavy atom. The number of benzene rings is 1. The average molecular weight is 327 g/mol. The predicted octanol–water partition coefficient (Wildman–Crippen LogP) is 1.05. The Kier molecular flexibility index (Phi) is 3.44. The lowest BCUT2D eigenvalue weighted by Gasteiger charge is -2.19. The maximum absolute atomic E-state index is 12.5. The molecule has 8 heteroatoms. The van der Waals surface area contributed by atoms with Gasteiger partial charge in [0.25, 0.3) is 11.8 Å². The van der Waals surface area contributed by atoms with Crippen LogP contribution in [-0.2, 0) is 17.8 Å². The number of carbonyl (C=O) groups excluding carboxylic acids is 2. The number of carbonyl (C=O) groups is 2. The minimum atomic E-state index is -0.242. The highest BCUT2D eigenvalue weighted by molar-refractivity contribution is 5.99. The highest BCUT2D eigenvalue weighted by atomic mass is 16.5. The Morgan fingerprint density at radius 3 is 3.17 bits per heavy atom. The summed E-state index contributed by atoms with van der Waals surface area (Å²) in [5.74, 6) is 1.83. The summed E-state index contributed by atoms with van der Waals surface area (Å²) in [6.45, 7) is 2.74. The van der Waals surface area contributed by atoms with Crippen LogP contribution in [0, 0.1) is 0 Å². The third-order valence-electron chi connectivity index (χ3n) is 4.25. The van der Waals surface area contributed by atoms with Crippen molar-refractivity contribution < 1.29 is 14.3 Å². The smallest absolute Gasteiger partial charge is 0.262 e. The van der Waals surface area contributed by atoms with Gasteiger partial charge in [-0.2, -0.15) is 0 Å². The fourth-order valence-corrected chi connectivity index (χ4v) is 3.05. The van der Waals surface area contributed by atoms with Crippen LogP contribution in [0.5, 0.6) is 5.75 Å². The van der Waals surface area contributed by atoms with Gasteiger partial charge in [0.1, 0.15) is 11.6 Å². The molecule has 1 aromatic heterocycles. The molecule has 2 aliphatic heterocycles. The van der Waals surface area contributed by atoms with Gasteiger partial charge in [-0.05, 0) is 31.5 Å². The molecule has 0 spiro atoms. The molecule has 0 saturated carbocycles. The fourth-order valence-electron chi connectivity index (χ4n) is 3.05. The van der Waals surface area contributed by atoms with Crippen molar-refractivity contribution in [2.45, 2.75) is 32.4 Å². The largest absolute Gasteiger partial charge is 0.482 e. The van der Waals surface area contributed by atoms with Gasteiger partial charge in [-0.1, -0.05) is 0 Å². The van der Waals surface area contributed by atoms with E-state index in [-0.39, 0.29) is 24.5 Å². The van der Waals surface area contributed by atoms with Crippen LogP contribution >= 0.6 is 0 Å². The zero-order chi connectivity index (χ0) is 16.7. The number of aromatic nitrogens is 3. The van der Waals surface area contributed by atoms with Crippen LogP contribution < -0.4 is 15.4 Å². The number of amides is 2. The van der Waals surface area contributed by atoms with Crippen LogP contribution in [0.1, 0.15) is 41.4 Å². The van der Waals surface area contributed by atoms with E-state index < -0.39 is 0 Å². The first kappa shape index (κ1) is 14.7. The summed E-state index contributed by atoms with van der Waals surface area (Å²) in [6, 6.07) is 4.71. The number of hydrogen-bond acceptors (Lipinski definition) is 5. The number of fused-ring (bicyclic) bond motifs is 2. The fraction of sp³-hybridized carbons (Fsp3) is 0.375. The second-order valence-electron chi connectivity index (χ2n) is 5.97. The second kappa shape index (κ2) is 5.63. The number of rotatable bonds is 3. The van der Waals surface area contributed by atoms with E-state index >= 15 is 0 Å². The van der Waals surface area contributed by atoms with E-state index in [4.69, 9.17) is 4.74 Å². The first-order valence-electron chi connectivity index (χ1n) is 7.91. The van der Waals surface area contributed by atoms with Crippen molar-refractivity contribution >= 4 is 17.5 Å². The van der Waals surface area contributed by atoms with Crippen molar-refractivity contribution in [3.8, 4) is 5.75 Å². The molecule has 1 unspecified atom stereocenters. The standard InChI is InChI=1S/C16H17N5O3/c1-9(15-20-19-13-3-2-6-21(13)15)17-16(23)10-4-5-11-12(7-10)24-8-14(22)18-11/h4-5,7,9H,2-3,6,8H2,1H3,(H,17,23)(H,18,22). The summed E-state index contributed by atoms with van der Waals surface area (Å²) in [6.07, 6.45) is 1.99. The van der Waals surface area contributed by atoms with E-state index in [0.29, 0.717) is 17.0 Å². The van der Waals surface area contributed by atoms with Crippen molar-refractivity contribution in [2.24, 2.45) is 0 Å². The summed E-state index contributed by atoms with van der Waals surface area (Å²) in [5.41, 5.74) is 1.05.